The lowest BCUT2D eigenvalue weighted by Crippen LogP contribution is -2.49. The highest BCUT2D eigenvalue weighted by atomic mass is 16.2. The number of hydrogen-bond donors (Lipinski definition) is 2. The molecule has 1 atom stereocenters. The maximum absolute atomic E-state index is 12.4. The third-order valence-corrected chi connectivity index (χ3v) is 3.81. The summed E-state index contributed by atoms with van der Waals surface area (Å²) in [4.78, 5) is 14.7. The first kappa shape index (κ1) is 15.0. The van der Waals surface area contributed by atoms with Crippen molar-refractivity contribution in [3.05, 3.63) is 30.3 Å². The average Bonchev–Trinajstić information content (AvgIpc) is 2.39. The van der Waals surface area contributed by atoms with Crippen molar-refractivity contribution in [1.82, 2.24) is 4.90 Å². The van der Waals surface area contributed by atoms with Gasteiger partial charge in [0.1, 0.15) is 0 Å². The van der Waals surface area contributed by atoms with Crippen molar-refractivity contribution in [2.75, 3.05) is 25.0 Å². The van der Waals surface area contributed by atoms with E-state index in [9.17, 15) is 4.79 Å². The van der Waals surface area contributed by atoms with Crippen LogP contribution in [0.1, 0.15) is 26.7 Å². The van der Waals surface area contributed by atoms with E-state index >= 15 is 0 Å². The number of benzene rings is 1. The van der Waals surface area contributed by atoms with Gasteiger partial charge in [0.05, 0.1) is 5.41 Å². The van der Waals surface area contributed by atoms with Gasteiger partial charge in [-0.2, -0.15) is 0 Å². The van der Waals surface area contributed by atoms with Crippen LogP contribution in [0.15, 0.2) is 30.3 Å². The largest absolute Gasteiger partial charge is 0.327 e. The minimum absolute atomic E-state index is 0.0582. The first-order valence-electron chi connectivity index (χ1n) is 7.32. The number of rotatable bonds is 4. The summed E-state index contributed by atoms with van der Waals surface area (Å²) in [6, 6.07) is 9.85. The SMILES string of the molecule is CC(C)(CN1CCCC(N)C1)C(=O)Nc1ccccc1. The number of nitrogens with zero attached hydrogens (tertiary/aromatic N) is 1. The van der Waals surface area contributed by atoms with Crippen LogP contribution in [-0.4, -0.2) is 36.5 Å². The average molecular weight is 275 g/mol. The minimum Gasteiger partial charge on any atom is -0.327 e. The number of carbonyl (C=O) groups excluding carboxylic acids is 1. The summed E-state index contributed by atoms with van der Waals surface area (Å²) in [6.45, 7) is 6.66. The standard InChI is InChI=1S/C16H25N3O/c1-16(2,12-19-10-6-7-13(17)11-19)15(20)18-14-8-4-3-5-9-14/h3-5,8-9,13H,6-7,10-12,17H2,1-2H3,(H,18,20). The lowest BCUT2D eigenvalue weighted by molar-refractivity contribution is -0.125. The molecule has 0 aromatic heterocycles. The molecule has 1 saturated heterocycles. The molecule has 1 aromatic rings. The van der Waals surface area contributed by atoms with Crippen LogP contribution < -0.4 is 11.1 Å². The van der Waals surface area contributed by atoms with Crippen molar-refractivity contribution in [3.8, 4) is 0 Å². The molecule has 2 rings (SSSR count). The molecule has 0 bridgehead atoms. The predicted molar refractivity (Wildman–Crippen MR) is 82.5 cm³/mol. The van der Waals surface area contributed by atoms with E-state index < -0.39 is 5.41 Å². The Labute approximate surface area is 121 Å². The Hall–Kier alpha value is -1.39. The summed E-state index contributed by atoms with van der Waals surface area (Å²) in [6.07, 6.45) is 2.21. The molecule has 0 radical (unpaired) electrons. The fourth-order valence-corrected chi connectivity index (χ4v) is 2.69. The molecule has 1 fully saturated rings. The maximum atomic E-state index is 12.4. The molecule has 1 aromatic carbocycles. The number of nitrogens with two attached hydrogens (primary N) is 1. The number of amides is 1. The number of likely N-dealkylation sites (tertiary alicyclic amines) is 1. The Morgan fingerprint density at radius 1 is 1.40 bits per heavy atom. The zero-order chi connectivity index (χ0) is 14.6. The van der Waals surface area contributed by atoms with Gasteiger partial charge in [0.25, 0.3) is 0 Å². The van der Waals surface area contributed by atoms with Crippen LogP contribution in [0.5, 0.6) is 0 Å². The topological polar surface area (TPSA) is 58.4 Å². The van der Waals surface area contributed by atoms with E-state index in [0.717, 1.165) is 38.2 Å². The molecule has 1 unspecified atom stereocenters. The quantitative estimate of drug-likeness (QED) is 0.884. The summed E-state index contributed by atoms with van der Waals surface area (Å²) < 4.78 is 0. The molecule has 0 aliphatic carbocycles. The first-order chi connectivity index (χ1) is 9.47. The van der Waals surface area contributed by atoms with Crippen LogP contribution in [-0.2, 0) is 4.79 Å². The number of carbonyl (C=O) groups is 1. The van der Waals surface area contributed by atoms with Crippen molar-refractivity contribution in [2.24, 2.45) is 11.1 Å². The van der Waals surface area contributed by atoms with Gasteiger partial charge in [0, 0.05) is 24.8 Å². The van der Waals surface area contributed by atoms with Crippen molar-refractivity contribution in [2.45, 2.75) is 32.7 Å². The molecule has 1 amide bonds. The Morgan fingerprint density at radius 3 is 2.75 bits per heavy atom. The maximum Gasteiger partial charge on any atom is 0.231 e. The van der Waals surface area contributed by atoms with Gasteiger partial charge in [-0.15, -0.1) is 0 Å². The molecule has 0 saturated carbocycles. The molecular weight excluding hydrogens is 250 g/mol. The third-order valence-electron chi connectivity index (χ3n) is 3.81. The summed E-state index contributed by atoms with van der Waals surface area (Å²) in [7, 11) is 0. The van der Waals surface area contributed by atoms with Crippen LogP contribution in [0, 0.1) is 5.41 Å². The second-order valence-electron chi connectivity index (χ2n) is 6.34. The summed E-state index contributed by atoms with van der Waals surface area (Å²) in [5.41, 5.74) is 6.43. The van der Waals surface area contributed by atoms with Crippen LogP contribution in [0.25, 0.3) is 0 Å². The highest BCUT2D eigenvalue weighted by molar-refractivity contribution is 5.94. The van der Waals surface area contributed by atoms with Gasteiger partial charge < -0.3 is 16.0 Å². The number of anilines is 1. The fraction of sp³-hybridized carbons (Fsp3) is 0.562. The first-order valence-corrected chi connectivity index (χ1v) is 7.32. The van der Waals surface area contributed by atoms with Crippen molar-refractivity contribution in [1.29, 1.82) is 0 Å². The highest BCUT2D eigenvalue weighted by Gasteiger charge is 2.31. The van der Waals surface area contributed by atoms with E-state index in [2.05, 4.69) is 10.2 Å². The Morgan fingerprint density at radius 2 is 2.10 bits per heavy atom. The smallest absolute Gasteiger partial charge is 0.231 e. The van der Waals surface area contributed by atoms with Gasteiger partial charge in [-0.05, 0) is 45.4 Å². The van der Waals surface area contributed by atoms with Gasteiger partial charge in [0.15, 0.2) is 0 Å². The number of para-hydroxylation sites is 1. The zero-order valence-electron chi connectivity index (χ0n) is 12.4. The molecule has 4 heteroatoms. The Balaban J connectivity index is 1.93. The second-order valence-corrected chi connectivity index (χ2v) is 6.34. The molecule has 110 valence electrons. The molecule has 1 heterocycles. The second kappa shape index (κ2) is 6.37. The van der Waals surface area contributed by atoms with Crippen molar-refractivity contribution < 1.29 is 4.79 Å². The minimum atomic E-state index is -0.424. The number of piperidine rings is 1. The van der Waals surface area contributed by atoms with Crippen LogP contribution in [0.3, 0.4) is 0 Å². The number of hydrogen-bond acceptors (Lipinski definition) is 3. The van der Waals surface area contributed by atoms with Gasteiger partial charge in [0.2, 0.25) is 5.91 Å². The normalized spacial score (nSPS) is 20.6. The highest BCUT2D eigenvalue weighted by Crippen LogP contribution is 2.22. The van der Waals surface area contributed by atoms with Crippen molar-refractivity contribution >= 4 is 11.6 Å². The lowest BCUT2D eigenvalue weighted by atomic mass is 9.90. The zero-order valence-corrected chi connectivity index (χ0v) is 12.4. The lowest BCUT2D eigenvalue weighted by Gasteiger charge is -2.36. The summed E-state index contributed by atoms with van der Waals surface area (Å²) in [5.74, 6) is 0.0582. The van der Waals surface area contributed by atoms with Crippen LogP contribution >= 0.6 is 0 Å². The van der Waals surface area contributed by atoms with E-state index in [4.69, 9.17) is 5.73 Å². The predicted octanol–water partition coefficient (Wildman–Crippen LogP) is 2.07. The van der Waals surface area contributed by atoms with Crippen LogP contribution in [0.2, 0.25) is 0 Å². The van der Waals surface area contributed by atoms with Crippen molar-refractivity contribution in [3.63, 3.8) is 0 Å². The molecule has 1 aliphatic rings. The van der Waals surface area contributed by atoms with E-state index in [0.29, 0.717) is 0 Å². The molecule has 20 heavy (non-hydrogen) atoms. The Kier molecular flexibility index (Phi) is 4.78. The van der Waals surface area contributed by atoms with Gasteiger partial charge >= 0.3 is 0 Å². The van der Waals surface area contributed by atoms with E-state index in [1.165, 1.54) is 0 Å². The summed E-state index contributed by atoms with van der Waals surface area (Å²) >= 11 is 0. The summed E-state index contributed by atoms with van der Waals surface area (Å²) in [5, 5.41) is 2.99. The monoisotopic (exact) mass is 275 g/mol. The van der Waals surface area contributed by atoms with E-state index in [1.54, 1.807) is 0 Å². The van der Waals surface area contributed by atoms with Crippen LogP contribution in [0.4, 0.5) is 5.69 Å². The Bertz CT molecular complexity index is 444. The number of nitrogens with one attached hydrogen (secondary N) is 1. The third kappa shape index (κ3) is 4.05. The molecular formula is C16H25N3O. The van der Waals surface area contributed by atoms with Gasteiger partial charge in [-0.3, -0.25) is 4.79 Å². The van der Waals surface area contributed by atoms with Gasteiger partial charge in [-0.25, -0.2) is 0 Å². The van der Waals surface area contributed by atoms with Gasteiger partial charge in [-0.1, -0.05) is 18.2 Å². The molecule has 3 N–H and O–H groups in total. The van der Waals surface area contributed by atoms with E-state index in [-0.39, 0.29) is 11.9 Å². The molecule has 0 spiro atoms. The fourth-order valence-electron chi connectivity index (χ4n) is 2.69. The molecule has 1 aliphatic heterocycles. The van der Waals surface area contributed by atoms with E-state index in [1.807, 2.05) is 44.2 Å². The molecule has 4 nitrogen and oxygen atoms in total.